The zero-order valence-electron chi connectivity index (χ0n) is 25.3. The second-order valence-electron chi connectivity index (χ2n) is 11.9. The van der Waals surface area contributed by atoms with Crippen LogP contribution in [-0.4, -0.2) is 48.8 Å². The molecule has 8 nitrogen and oxygen atoms in total. The SMILES string of the molecule is COCOc1ccccc1-c1cc(-c2cnn(C(C)c3ccc(CCCO[Si](C)(C)C(C)(C)C)cc3)c2)c(N)nn1. The molecule has 0 radical (unpaired) electrons. The lowest BCUT2D eigenvalue weighted by Gasteiger charge is -2.36. The standard InChI is InChI=1S/C32H43N5O3Si/c1-23(25-16-14-24(15-17-25)11-10-18-40-41(6,7)32(2,3)4)37-21-26(20-34-37)28-19-29(35-36-31(28)33)27-12-8-9-13-30(27)39-22-38-5/h8-9,12-17,19-21,23H,10-11,18,22H2,1-7H3,(H2,33,36). The lowest BCUT2D eigenvalue weighted by atomic mass is 10.0. The van der Waals surface area contributed by atoms with Crippen molar-refractivity contribution in [2.45, 2.75) is 64.7 Å². The van der Waals surface area contributed by atoms with E-state index in [2.05, 4.69) is 80.4 Å². The van der Waals surface area contributed by atoms with Gasteiger partial charge in [-0.25, -0.2) is 0 Å². The predicted octanol–water partition coefficient (Wildman–Crippen LogP) is 7.14. The van der Waals surface area contributed by atoms with E-state index in [0.29, 0.717) is 17.3 Å². The van der Waals surface area contributed by atoms with Gasteiger partial charge in [-0.1, -0.05) is 57.2 Å². The van der Waals surface area contributed by atoms with Gasteiger partial charge >= 0.3 is 0 Å². The molecule has 1 atom stereocenters. The largest absolute Gasteiger partial charge is 0.467 e. The minimum Gasteiger partial charge on any atom is -0.467 e. The number of para-hydroxylation sites is 1. The zero-order valence-corrected chi connectivity index (χ0v) is 26.3. The van der Waals surface area contributed by atoms with Gasteiger partial charge in [0.15, 0.2) is 20.9 Å². The highest BCUT2D eigenvalue weighted by atomic mass is 28.4. The van der Waals surface area contributed by atoms with Crippen molar-refractivity contribution in [1.29, 1.82) is 0 Å². The van der Waals surface area contributed by atoms with Crippen molar-refractivity contribution in [2.24, 2.45) is 0 Å². The van der Waals surface area contributed by atoms with Crippen LogP contribution in [0.1, 0.15) is 51.3 Å². The van der Waals surface area contributed by atoms with Gasteiger partial charge in [-0.3, -0.25) is 4.68 Å². The van der Waals surface area contributed by atoms with Gasteiger partial charge in [-0.05, 0) is 67.2 Å². The lowest BCUT2D eigenvalue weighted by molar-refractivity contribution is 0.0515. The topological polar surface area (TPSA) is 97.3 Å². The van der Waals surface area contributed by atoms with Crippen molar-refractivity contribution < 1.29 is 13.9 Å². The summed E-state index contributed by atoms with van der Waals surface area (Å²) in [7, 11) is -0.107. The van der Waals surface area contributed by atoms with Gasteiger partial charge in [-0.15, -0.1) is 10.2 Å². The smallest absolute Gasteiger partial charge is 0.191 e. The fraction of sp³-hybridized carbons (Fsp3) is 0.406. The molecule has 0 bridgehead atoms. The Morgan fingerprint density at radius 2 is 1.73 bits per heavy atom. The number of aromatic nitrogens is 4. The average Bonchev–Trinajstić information content (AvgIpc) is 3.44. The van der Waals surface area contributed by atoms with Crippen LogP contribution < -0.4 is 10.5 Å². The second-order valence-corrected chi connectivity index (χ2v) is 16.7. The van der Waals surface area contributed by atoms with E-state index in [1.54, 1.807) is 7.11 Å². The summed E-state index contributed by atoms with van der Waals surface area (Å²) in [6, 6.07) is 18.4. The van der Waals surface area contributed by atoms with Crippen LogP contribution in [0.2, 0.25) is 18.1 Å². The quantitative estimate of drug-likeness (QED) is 0.109. The van der Waals surface area contributed by atoms with Crippen LogP contribution in [0.5, 0.6) is 5.75 Å². The van der Waals surface area contributed by atoms with Crippen molar-refractivity contribution >= 4 is 14.1 Å². The minimum absolute atomic E-state index is 0.0541. The number of rotatable bonds is 12. The highest BCUT2D eigenvalue weighted by Gasteiger charge is 2.36. The number of hydrogen-bond donors (Lipinski definition) is 1. The summed E-state index contributed by atoms with van der Waals surface area (Å²) in [5, 5.41) is 13.4. The van der Waals surface area contributed by atoms with Crippen molar-refractivity contribution in [3.05, 3.63) is 78.1 Å². The summed E-state index contributed by atoms with van der Waals surface area (Å²) >= 11 is 0. The Hall–Kier alpha value is -3.53. The third kappa shape index (κ3) is 7.41. The Balaban J connectivity index is 1.43. The molecule has 9 heteroatoms. The van der Waals surface area contributed by atoms with Crippen LogP contribution in [0.4, 0.5) is 5.82 Å². The highest BCUT2D eigenvalue weighted by Crippen LogP contribution is 2.37. The first-order valence-electron chi connectivity index (χ1n) is 14.1. The van der Waals surface area contributed by atoms with Gasteiger partial charge in [0.1, 0.15) is 5.75 Å². The molecular weight excluding hydrogens is 530 g/mol. The number of methoxy groups -OCH3 is 1. The van der Waals surface area contributed by atoms with E-state index in [-0.39, 0.29) is 17.9 Å². The first-order valence-corrected chi connectivity index (χ1v) is 17.0. The fourth-order valence-corrected chi connectivity index (χ4v) is 5.40. The maximum atomic E-state index is 6.34. The normalized spacial score (nSPS) is 12.9. The maximum Gasteiger partial charge on any atom is 0.191 e. The van der Waals surface area contributed by atoms with Crippen LogP contribution in [0.3, 0.4) is 0 Å². The molecule has 2 aromatic heterocycles. The highest BCUT2D eigenvalue weighted by molar-refractivity contribution is 6.74. The van der Waals surface area contributed by atoms with Crippen LogP contribution in [-0.2, 0) is 15.6 Å². The number of benzene rings is 2. The van der Waals surface area contributed by atoms with Gasteiger partial charge in [-0.2, -0.15) is 5.10 Å². The van der Waals surface area contributed by atoms with Gasteiger partial charge in [0.05, 0.1) is 17.9 Å². The van der Waals surface area contributed by atoms with Crippen molar-refractivity contribution in [3.8, 4) is 28.1 Å². The van der Waals surface area contributed by atoms with Crippen LogP contribution >= 0.6 is 0 Å². The molecule has 0 saturated heterocycles. The monoisotopic (exact) mass is 573 g/mol. The zero-order chi connectivity index (χ0) is 29.6. The summed E-state index contributed by atoms with van der Waals surface area (Å²) in [5.41, 5.74) is 11.9. The Kier molecular flexibility index (Phi) is 9.63. The molecule has 0 saturated carbocycles. The van der Waals surface area contributed by atoms with E-state index in [1.807, 2.05) is 47.4 Å². The van der Waals surface area contributed by atoms with Crippen LogP contribution in [0.25, 0.3) is 22.4 Å². The maximum absolute atomic E-state index is 6.34. The van der Waals surface area contributed by atoms with E-state index in [0.717, 1.165) is 36.1 Å². The molecule has 2 heterocycles. The molecule has 218 valence electrons. The number of nitrogens with two attached hydrogens (primary N) is 1. The molecule has 2 aromatic carbocycles. The number of ether oxygens (including phenoxy) is 2. The molecule has 4 aromatic rings. The molecule has 0 aliphatic rings. The lowest BCUT2D eigenvalue weighted by Crippen LogP contribution is -2.41. The van der Waals surface area contributed by atoms with Gasteiger partial charge < -0.3 is 19.6 Å². The molecule has 4 rings (SSSR count). The van der Waals surface area contributed by atoms with E-state index in [4.69, 9.17) is 19.6 Å². The summed E-state index contributed by atoms with van der Waals surface area (Å²) in [6.07, 6.45) is 5.85. The Morgan fingerprint density at radius 1 is 1.00 bits per heavy atom. The predicted molar refractivity (Wildman–Crippen MR) is 167 cm³/mol. The number of anilines is 1. The number of hydrogen-bond acceptors (Lipinski definition) is 7. The number of aryl methyl sites for hydroxylation is 1. The molecule has 0 aliphatic carbocycles. The van der Waals surface area contributed by atoms with Crippen molar-refractivity contribution in [2.75, 3.05) is 26.2 Å². The number of nitrogen functional groups attached to an aromatic ring is 1. The van der Waals surface area contributed by atoms with Crippen LogP contribution in [0, 0.1) is 0 Å². The van der Waals surface area contributed by atoms with Gasteiger partial charge in [0, 0.05) is 36.6 Å². The molecule has 0 fully saturated rings. The fourth-order valence-electron chi connectivity index (χ4n) is 4.32. The Bertz CT molecular complexity index is 1430. The van der Waals surface area contributed by atoms with Gasteiger partial charge in [0.2, 0.25) is 0 Å². The molecule has 0 amide bonds. The Morgan fingerprint density at radius 3 is 2.44 bits per heavy atom. The summed E-state index contributed by atoms with van der Waals surface area (Å²) < 4.78 is 19.1. The summed E-state index contributed by atoms with van der Waals surface area (Å²) in [5.74, 6) is 1.01. The molecule has 1 unspecified atom stereocenters. The summed E-state index contributed by atoms with van der Waals surface area (Å²) in [6.45, 7) is 14.5. The van der Waals surface area contributed by atoms with E-state index < -0.39 is 8.32 Å². The Labute approximate surface area is 245 Å². The van der Waals surface area contributed by atoms with E-state index in [1.165, 1.54) is 11.1 Å². The molecule has 41 heavy (non-hydrogen) atoms. The first-order chi connectivity index (χ1) is 19.5. The van der Waals surface area contributed by atoms with E-state index in [9.17, 15) is 0 Å². The average molecular weight is 574 g/mol. The van der Waals surface area contributed by atoms with Crippen molar-refractivity contribution in [3.63, 3.8) is 0 Å². The third-order valence-corrected chi connectivity index (χ3v) is 12.5. The molecule has 2 N–H and O–H groups in total. The van der Waals surface area contributed by atoms with Gasteiger partial charge in [0.25, 0.3) is 0 Å². The first kappa shape index (κ1) is 30.4. The molecule has 0 aliphatic heterocycles. The second kappa shape index (κ2) is 13.0. The minimum atomic E-state index is -1.69. The molecule has 0 spiro atoms. The van der Waals surface area contributed by atoms with Crippen LogP contribution in [0.15, 0.2) is 67.0 Å². The molecular formula is C32H43N5O3Si. The van der Waals surface area contributed by atoms with Crippen molar-refractivity contribution in [1.82, 2.24) is 20.0 Å². The number of nitrogens with zero attached hydrogens (tertiary/aromatic N) is 4. The third-order valence-electron chi connectivity index (χ3n) is 7.97. The summed E-state index contributed by atoms with van der Waals surface area (Å²) in [4.78, 5) is 0. The van der Waals surface area contributed by atoms with E-state index >= 15 is 0 Å².